The summed E-state index contributed by atoms with van der Waals surface area (Å²) in [6.07, 6.45) is 0. The van der Waals surface area contributed by atoms with Gasteiger partial charge in [-0.15, -0.1) is 0 Å². The molecule has 0 saturated heterocycles. The number of carbonyl (C=O) groups excluding carboxylic acids is 1. The highest BCUT2D eigenvalue weighted by Crippen LogP contribution is 2.25. The van der Waals surface area contributed by atoms with Gasteiger partial charge < -0.3 is 11.1 Å². The molecule has 21 heavy (non-hydrogen) atoms. The Morgan fingerprint density at radius 2 is 1.71 bits per heavy atom. The summed E-state index contributed by atoms with van der Waals surface area (Å²) in [6.45, 7) is 0. The van der Waals surface area contributed by atoms with Crippen molar-refractivity contribution in [1.29, 1.82) is 0 Å². The lowest BCUT2D eigenvalue weighted by atomic mass is 10.1. The van der Waals surface area contributed by atoms with Gasteiger partial charge in [-0.05, 0) is 41.1 Å². The van der Waals surface area contributed by atoms with Crippen molar-refractivity contribution < 1.29 is 4.79 Å². The van der Waals surface area contributed by atoms with E-state index >= 15 is 0 Å². The topological polar surface area (TPSA) is 55.1 Å². The minimum atomic E-state index is -0.201. The van der Waals surface area contributed by atoms with Crippen LogP contribution in [0.4, 0.5) is 11.4 Å². The van der Waals surface area contributed by atoms with Crippen molar-refractivity contribution in [3.05, 3.63) is 71.2 Å². The van der Waals surface area contributed by atoms with Crippen LogP contribution in [0.25, 0.3) is 10.8 Å². The zero-order valence-corrected chi connectivity index (χ0v) is 11.9. The average molecular weight is 297 g/mol. The third-order valence-electron chi connectivity index (χ3n) is 3.25. The first-order chi connectivity index (χ1) is 10.1. The van der Waals surface area contributed by atoms with E-state index in [1.807, 2.05) is 36.4 Å². The van der Waals surface area contributed by atoms with E-state index in [1.165, 1.54) is 0 Å². The van der Waals surface area contributed by atoms with Gasteiger partial charge in [0.15, 0.2) is 0 Å². The van der Waals surface area contributed by atoms with Gasteiger partial charge >= 0.3 is 0 Å². The fraction of sp³-hybridized carbons (Fsp3) is 0. The van der Waals surface area contributed by atoms with Gasteiger partial charge in [0.2, 0.25) is 0 Å². The molecule has 3 rings (SSSR count). The molecule has 0 bridgehead atoms. The predicted molar refractivity (Wildman–Crippen MR) is 87.8 cm³/mol. The summed E-state index contributed by atoms with van der Waals surface area (Å²) in [6, 6.07) is 18.5. The number of fused-ring (bicyclic) bond motifs is 1. The number of amides is 1. The fourth-order valence-electron chi connectivity index (χ4n) is 2.16. The molecule has 3 nitrogen and oxygen atoms in total. The van der Waals surface area contributed by atoms with Crippen LogP contribution in [0.3, 0.4) is 0 Å². The Hall–Kier alpha value is -2.52. The summed E-state index contributed by atoms with van der Waals surface area (Å²) >= 11 is 6.06. The first-order valence-electron chi connectivity index (χ1n) is 6.49. The van der Waals surface area contributed by atoms with Crippen LogP contribution in [0.15, 0.2) is 60.7 Å². The summed E-state index contributed by atoms with van der Waals surface area (Å²) in [5, 5.41) is 5.33. The van der Waals surface area contributed by atoms with E-state index in [-0.39, 0.29) is 5.91 Å². The monoisotopic (exact) mass is 296 g/mol. The van der Waals surface area contributed by atoms with Crippen LogP contribution >= 0.6 is 11.6 Å². The maximum atomic E-state index is 12.3. The van der Waals surface area contributed by atoms with Crippen LogP contribution < -0.4 is 11.1 Å². The maximum Gasteiger partial charge on any atom is 0.255 e. The minimum absolute atomic E-state index is 0.201. The molecule has 0 fully saturated rings. The van der Waals surface area contributed by atoms with Crippen molar-refractivity contribution in [3.63, 3.8) is 0 Å². The summed E-state index contributed by atoms with van der Waals surface area (Å²) in [5.41, 5.74) is 7.32. The molecule has 3 aromatic rings. The molecule has 0 aliphatic heterocycles. The first kappa shape index (κ1) is 13.5. The summed E-state index contributed by atoms with van der Waals surface area (Å²) < 4.78 is 0. The maximum absolute atomic E-state index is 12.3. The Morgan fingerprint density at radius 3 is 2.48 bits per heavy atom. The largest absolute Gasteiger partial charge is 0.399 e. The number of nitrogens with one attached hydrogen (secondary N) is 1. The third kappa shape index (κ3) is 2.83. The van der Waals surface area contributed by atoms with Crippen LogP contribution in [0.1, 0.15) is 10.4 Å². The lowest BCUT2D eigenvalue weighted by Gasteiger charge is -2.08. The highest BCUT2D eigenvalue weighted by molar-refractivity contribution is 6.34. The van der Waals surface area contributed by atoms with Gasteiger partial charge in [0.1, 0.15) is 0 Å². The molecule has 0 radical (unpaired) electrons. The van der Waals surface area contributed by atoms with Crippen LogP contribution in [-0.4, -0.2) is 5.91 Å². The number of nitrogen functional groups attached to an aromatic ring is 1. The van der Waals surface area contributed by atoms with Gasteiger partial charge in [0, 0.05) is 11.3 Å². The quantitative estimate of drug-likeness (QED) is 0.692. The van der Waals surface area contributed by atoms with E-state index in [9.17, 15) is 4.79 Å². The molecule has 0 atom stereocenters. The van der Waals surface area contributed by atoms with Crippen LogP contribution in [0.5, 0.6) is 0 Å². The van der Waals surface area contributed by atoms with Crippen LogP contribution in [0.2, 0.25) is 5.02 Å². The molecule has 1 amide bonds. The smallest absolute Gasteiger partial charge is 0.255 e. The lowest BCUT2D eigenvalue weighted by Crippen LogP contribution is -2.12. The van der Waals surface area contributed by atoms with E-state index in [0.29, 0.717) is 22.0 Å². The van der Waals surface area contributed by atoms with Crippen molar-refractivity contribution in [2.45, 2.75) is 0 Å². The van der Waals surface area contributed by atoms with Crippen molar-refractivity contribution in [2.24, 2.45) is 0 Å². The average Bonchev–Trinajstić information content (AvgIpc) is 2.49. The number of hydrogen-bond acceptors (Lipinski definition) is 2. The Balaban J connectivity index is 1.89. The second kappa shape index (κ2) is 5.46. The zero-order chi connectivity index (χ0) is 14.8. The number of benzene rings is 3. The number of nitrogens with two attached hydrogens (primary N) is 1. The second-order valence-electron chi connectivity index (χ2n) is 4.76. The van der Waals surface area contributed by atoms with Gasteiger partial charge in [0.05, 0.1) is 10.7 Å². The number of hydrogen-bond donors (Lipinski definition) is 2. The van der Waals surface area contributed by atoms with E-state index in [1.54, 1.807) is 24.3 Å². The summed E-state index contributed by atoms with van der Waals surface area (Å²) in [5.74, 6) is -0.201. The van der Waals surface area contributed by atoms with Crippen LogP contribution in [0, 0.1) is 0 Å². The van der Waals surface area contributed by atoms with Crippen molar-refractivity contribution >= 4 is 39.7 Å². The molecule has 4 heteroatoms. The minimum Gasteiger partial charge on any atom is -0.399 e. The standard InChI is InChI=1S/C17H13ClN2O/c18-15-10-14(19)7-8-16(15)20-17(21)13-6-5-11-3-1-2-4-12(11)9-13/h1-10H,19H2,(H,20,21). The van der Waals surface area contributed by atoms with Crippen LogP contribution in [-0.2, 0) is 0 Å². The number of carbonyl (C=O) groups is 1. The lowest BCUT2D eigenvalue weighted by molar-refractivity contribution is 0.102. The molecule has 3 aromatic carbocycles. The Kier molecular flexibility index (Phi) is 3.50. The Morgan fingerprint density at radius 1 is 0.952 bits per heavy atom. The van der Waals surface area contributed by atoms with Gasteiger partial charge in [-0.2, -0.15) is 0 Å². The number of rotatable bonds is 2. The van der Waals surface area contributed by atoms with Gasteiger partial charge in [-0.3, -0.25) is 4.79 Å². The van der Waals surface area contributed by atoms with Gasteiger partial charge in [-0.25, -0.2) is 0 Å². The van der Waals surface area contributed by atoms with E-state index in [2.05, 4.69) is 5.32 Å². The highest BCUT2D eigenvalue weighted by atomic mass is 35.5. The molecule has 0 aliphatic carbocycles. The predicted octanol–water partition coefficient (Wildman–Crippen LogP) is 4.33. The molecule has 0 spiro atoms. The Bertz CT molecular complexity index is 830. The summed E-state index contributed by atoms with van der Waals surface area (Å²) in [4.78, 5) is 12.3. The molecule has 0 saturated carbocycles. The molecule has 0 aliphatic rings. The summed E-state index contributed by atoms with van der Waals surface area (Å²) in [7, 11) is 0. The molecular weight excluding hydrogens is 284 g/mol. The highest BCUT2D eigenvalue weighted by Gasteiger charge is 2.09. The van der Waals surface area contributed by atoms with Crippen molar-refractivity contribution in [1.82, 2.24) is 0 Å². The fourth-order valence-corrected chi connectivity index (χ4v) is 2.39. The van der Waals surface area contributed by atoms with E-state index in [4.69, 9.17) is 17.3 Å². The van der Waals surface area contributed by atoms with Gasteiger partial charge in [-0.1, -0.05) is 41.9 Å². The molecule has 104 valence electrons. The SMILES string of the molecule is Nc1ccc(NC(=O)c2ccc3ccccc3c2)c(Cl)c1. The zero-order valence-electron chi connectivity index (χ0n) is 11.1. The first-order valence-corrected chi connectivity index (χ1v) is 6.86. The molecule has 0 heterocycles. The molecule has 0 unspecified atom stereocenters. The second-order valence-corrected chi connectivity index (χ2v) is 5.16. The molecule has 3 N–H and O–H groups in total. The molecule has 0 aromatic heterocycles. The number of anilines is 2. The third-order valence-corrected chi connectivity index (χ3v) is 3.57. The van der Waals surface area contributed by atoms with Gasteiger partial charge in [0.25, 0.3) is 5.91 Å². The number of halogens is 1. The van der Waals surface area contributed by atoms with E-state index in [0.717, 1.165) is 10.8 Å². The van der Waals surface area contributed by atoms with Crippen molar-refractivity contribution in [2.75, 3.05) is 11.1 Å². The van der Waals surface area contributed by atoms with Crippen molar-refractivity contribution in [3.8, 4) is 0 Å². The van der Waals surface area contributed by atoms with E-state index < -0.39 is 0 Å². The Labute approximate surface area is 127 Å². The normalized spacial score (nSPS) is 10.5. The molecular formula is C17H13ClN2O.